The molecule has 3 aromatic carbocycles. The molecule has 6 aromatic rings. The number of aromatic nitrogens is 4. The van der Waals surface area contributed by atoms with Crippen molar-refractivity contribution in [2.75, 3.05) is 30.9 Å². The lowest BCUT2D eigenvalue weighted by molar-refractivity contribution is -0.105. The fraction of sp³-hybridized carbons (Fsp3) is 0.270. The summed E-state index contributed by atoms with van der Waals surface area (Å²) in [5.74, 6) is 1.45. The molecule has 0 radical (unpaired) electrons. The average molecular weight is 679 g/mol. The molecule has 49 heavy (non-hydrogen) atoms. The lowest BCUT2D eigenvalue weighted by Crippen LogP contribution is -2.25. The van der Waals surface area contributed by atoms with Gasteiger partial charge in [0.25, 0.3) is 10.0 Å². The molecule has 0 aliphatic carbocycles. The van der Waals surface area contributed by atoms with Crippen LogP contribution in [0.4, 0.5) is 11.8 Å². The van der Waals surface area contributed by atoms with Crippen LogP contribution < -0.4 is 15.4 Å². The van der Waals surface area contributed by atoms with Crippen molar-refractivity contribution in [3.05, 3.63) is 102 Å². The molecule has 0 saturated carbocycles. The Morgan fingerprint density at radius 1 is 1.02 bits per heavy atom. The average Bonchev–Trinajstić information content (AvgIpc) is 3.52. The Morgan fingerprint density at radius 3 is 2.65 bits per heavy atom. The molecule has 7 rings (SSSR count). The highest BCUT2D eigenvalue weighted by molar-refractivity contribution is 7.90. The van der Waals surface area contributed by atoms with E-state index in [9.17, 15) is 13.5 Å². The van der Waals surface area contributed by atoms with Crippen LogP contribution in [0.1, 0.15) is 36.0 Å². The third-order valence-corrected chi connectivity index (χ3v) is 10.3. The first-order chi connectivity index (χ1) is 23.8. The van der Waals surface area contributed by atoms with Crippen molar-refractivity contribution in [2.45, 2.75) is 50.3 Å². The smallest absolute Gasteiger partial charge is 0.269 e. The molecule has 1 unspecified atom stereocenters. The summed E-state index contributed by atoms with van der Waals surface area (Å²) in [6.07, 6.45) is 6.57. The van der Waals surface area contributed by atoms with E-state index in [1.165, 1.54) is 3.97 Å². The fourth-order valence-corrected chi connectivity index (χ4v) is 7.36. The minimum atomic E-state index is -4.05. The Balaban J connectivity index is 1.34. The van der Waals surface area contributed by atoms with E-state index in [4.69, 9.17) is 19.4 Å². The molecule has 3 aromatic heterocycles. The summed E-state index contributed by atoms with van der Waals surface area (Å²) in [6, 6.07) is 22.4. The van der Waals surface area contributed by atoms with Crippen molar-refractivity contribution in [1.29, 1.82) is 0 Å². The number of hydrogen-bond acceptors (Lipinski definition) is 10. The Bertz CT molecular complexity index is 2230. The van der Waals surface area contributed by atoms with Crippen molar-refractivity contribution < 1.29 is 23.0 Å². The molecular weight excluding hydrogens is 641 g/mol. The molecule has 3 N–H and O–H groups in total. The number of fused-ring (bicyclic) bond motifs is 2. The highest BCUT2D eigenvalue weighted by Gasteiger charge is 2.26. The number of hydrogen-bond donors (Lipinski definition) is 3. The molecule has 1 atom stereocenters. The third kappa shape index (κ3) is 6.80. The van der Waals surface area contributed by atoms with Crippen LogP contribution in [0.5, 0.6) is 5.75 Å². The second kappa shape index (κ2) is 13.8. The Labute approximate surface area is 285 Å². The number of benzene rings is 3. The van der Waals surface area contributed by atoms with E-state index in [1.54, 1.807) is 43.7 Å². The maximum absolute atomic E-state index is 14.2. The van der Waals surface area contributed by atoms with Crippen LogP contribution in [0.2, 0.25) is 0 Å². The van der Waals surface area contributed by atoms with Crippen LogP contribution >= 0.6 is 0 Å². The second-order valence-electron chi connectivity index (χ2n) is 12.1. The number of ether oxygens (including phenoxy) is 2. The van der Waals surface area contributed by atoms with E-state index in [0.29, 0.717) is 36.3 Å². The number of anilines is 2. The van der Waals surface area contributed by atoms with Gasteiger partial charge < -0.3 is 25.2 Å². The highest BCUT2D eigenvalue weighted by Crippen LogP contribution is 2.38. The van der Waals surface area contributed by atoms with Crippen LogP contribution in [-0.4, -0.2) is 59.0 Å². The molecule has 1 fully saturated rings. The molecule has 252 valence electrons. The number of aryl methyl sites for hydroxylation is 1. The molecule has 1 aliphatic rings. The minimum absolute atomic E-state index is 0.0147. The predicted octanol–water partition coefficient (Wildman–Crippen LogP) is 6.29. The summed E-state index contributed by atoms with van der Waals surface area (Å²) in [5, 5.41) is 17.4. The van der Waals surface area contributed by atoms with E-state index in [2.05, 4.69) is 15.6 Å². The van der Waals surface area contributed by atoms with Gasteiger partial charge in [0, 0.05) is 50.0 Å². The third-order valence-electron chi connectivity index (χ3n) is 8.63. The Morgan fingerprint density at radius 2 is 1.88 bits per heavy atom. The van der Waals surface area contributed by atoms with Gasteiger partial charge in [-0.2, -0.15) is 9.97 Å². The molecule has 0 amide bonds. The van der Waals surface area contributed by atoms with E-state index in [1.807, 2.05) is 55.5 Å². The van der Waals surface area contributed by atoms with Crippen molar-refractivity contribution in [2.24, 2.45) is 0 Å². The minimum Gasteiger partial charge on any atom is -0.465 e. The largest absolute Gasteiger partial charge is 0.465 e. The van der Waals surface area contributed by atoms with Gasteiger partial charge in [-0.1, -0.05) is 35.9 Å². The van der Waals surface area contributed by atoms with Crippen LogP contribution in [-0.2, 0) is 27.7 Å². The lowest BCUT2D eigenvalue weighted by Gasteiger charge is -2.23. The van der Waals surface area contributed by atoms with E-state index in [-0.39, 0.29) is 29.4 Å². The monoisotopic (exact) mass is 678 g/mol. The summed E-state index contributed by atoms with van der Waals surface area (Å²) in [4.78, 5) is 14.2. The number of nitrogens with zero attached hydrogens (tertiary/aromatic N) is 4. The predicted molar refractivity (Wildman–Crippen MR) is 190 cm³/mol. The quantitative estimate of drug-likeness (QED) is 0.143. The van der Waals surface area contributed by atoms with Gasteiger partial charge in [0.2, 0.25) is 5.95 Å². The van der Waals surface area contributed by atoms with Gasteiger partial charge in [0.05, 0.1) is 22.4 Å². The van der Waals surface area contributed by atoms with Gasteiger partial charge in [-0.25, -0.2) is 12.4 Å². The number of nitrogens with one attached hydrogen (secondary N) is 2. The maximum Gasteiger partial charge on any atom is 0.269 e. The molecule has 1 saturated heterocycles. The zero-order chi connectivity index (χ0) is 34.0. The Hall–Kier alpha value is -5.04. The SMILES string of the molecule is CNc1nc(NCc2cccc(OC3CCCCO3)c2)c2c(-c3ccc4ncc(CCO)cc4c3)cn(S(=O)(=O)c3ccc(C)cc3)c2n1. The summed E-state index contributed by atoms with van der Waals surface area (Å²) < 4.78 is 41.6. The van der Waals surface area contributed by atoms with Crippen molar-refractivity contribution in [3.63, 3.8) is 0 Å². The number of aliphatic hydroxyl groups is 1. The van der Waals surface area contributed by atoms with E-state index in [0.717, 1.165) is 58.2 Å². The van der Waals surface area contributed by atoms with Crippen LogP contribution in [0.3, 0.4) is 0 Å². The maximum atomic E-state index is 14.2. The molecule has 12 heteroatoms. The first kappa shape index (κ1) is 32.5. The van der Waals surface area contributed by atoms with Gasteiger partial charge in [0.15, 0.2) is 11.9 Å². The van der Waals surface area contributed by atoms with Crippen LogP contribution in [0.25, 0.3) is 33.1 Å². The number of aliphatic hydroxyl groups excluding tert-OH is 1. The molecule has 0 bridgehead atoms. The van der Waals surface area contributed by atoms with E-state index < -0.39 is 10.0 Å². The van der Waals surface area contributed by atoms with Crippen molar-refractivity contribution in [1.82, 2.24) is 18.9 Å². The summed E-state index contributed by atoms with van der Waals surface area (Å²) in [6.45, 7) is 3.01. The summed E-state index contributed by atoms with van der Waals surface area (Å²) in [5.41, 5.74) is 5.23. The van der Waals surface area contributed by atoms with Crippen LogP contribution in [0, 0.1) is 6.92 Å². The normalized spacial score (nSPS) is 15.0. The van der Waals surface area contributed by atoms with Gasteiger partial charge in [-0.05, 0) is 85.3 Å². The fourth-order valence-electron chi connectivity index (χ4n) is 6.05. The topological polar surface area (TPSA) is 140 Å². The van der Waals surface area contributed by atoms with Gasteiger partial charge in [0.1, 0.15) is 11.6 Å². The molecule has 0 spiro atoms. The molecule has 4 heterocycles. The zero-order valence-corrected chi connectivity index (χ0v) is 28.2. The highest BCUT2D eigenvalue weighted by atomic mass is 32.2. The summed E-state index contributed by atoms with van der Waals surface area (Å²) in [7, 11) is -2.36. The molecule has 1 aliphatic heterocycles. The van der Waals surface area contributed by atoms with Crippen molar-refractivity contribution in [3.8, 4) is 16.9 Å². The van der Waals surface area contributed by atoms with Crippen molar-refractivity contribution >= 4 is 43.7 Å². The van der Waals surface area contributed by atoms with Gasteiger partial charge in [-0.15, -0.1) is 0 Å². The van der Waals surface area contributed by atoms with E-state index >= 15 is 0 Å². The first-order valence-corrected chi connectivity index (χ1v) is 17.8. The molecular formula is C37H38N6O5S. The second-order valence-corrected chi connectivity index (χ2v) is 14.0. The number of rotatable bonds is 11. The lowest BCUT2D eigenvalue weighted by atomic mass is 10.0. The van der Waals surface area contributed by atoms with Crippen LogP contribution in [0.15, 0.2) is 90.1 Å². The zero-order valence-electron chi connectivity index (χ0n) is 27.4. The summed E-state index contributed by atoms with van der Waals surface area (Å²) >= 11 is 0. The molecule has 11 nitrogen and oxygen atoms in total. The first-order valence-electron chi connectivity index (χ1n) is 16.4. The Kier molecular flexibility index (Phi) is 9.17. The standard InChI is InChI=1S/C37H38N6O5S/c1-24-9-12-30(13-10-24)49(45,46)43-23-31(27-11-14-32-28(20-27)18-26(15-16-44)21-39-32)34-35(41-37(38-2)42-36(34)43)40-22-25-6-5-7-29(19-25)48-33-8-3-4-17-47-33/h5-7,9-14,18-21,23,33,44H,3-4,8,15-17,22H2,1-2H3,(H2,38,40,41,42). The van der Waals surface area contributed by atoms with Gasteiger partial charge >= 0.3 is 0 Å². The number of pyridine rings is 1. The van der Waals surface area contributed by atoms with Gasteiger partial charge in [-0.3, -0.25) is 4.98 Å².